The largest absolute Gasteiger partial charge is 0.494 e. The molecule has 10 nitrogen and oxygen atoms in total. The molecule has 7 rings (SSSR count). The second-order valence-corrected chi connectivity index (χ2v) is 14.4. The number of aliphatic hydroxyl groups is 2. The van der Waals surface area contributed by atoms with Gasteiger partial charge in [-0.15, -0.1) is 0 Å². The second-order valence-electron chi connectivity index (χ2n) is 12.8. The molecule has 12 heteroatoms. The number of H-pyrrole nitrogens is 2. The predicted molar refractivity (Wildman–Crippen MR) is 221 cm³/mol. The normalized spacial score (nSPS) is 13.3. The molecular weight excluding hydrogens is 816 g/mol. The molecule has 4 N–H and O–H groups in total. The van der Waals surface area contributed by atoms with E-state index in [-0.39, 0.29) is 0 Å². The first kappa shape index (κ1) is 37.7. The zero-order valence-corrected chi connectivity index (χ0v) is 33.0. The summed E-state index contributed by atoms with van der Waals surface area (Å²) in [4.78, 5) is 17.5. The number of nitrogens with zero attached hydrogens (tertiary/aromatic N) is 2. The van der Waals surface area contributed by atoms with Gasteiger partial charge in [-0.05, 0) is 130 Å². The first-order valence-corrected chi connectivity index (χ1v) is 19.3. The minimum absolute atomic E-state index is 0.423. The van der Waals surface area contributed by atoms with Crippen LogP contribution < -0.4 is 9.47 Å². The number of fused-ring (bicyclic) bond motifs is 8. The molecule has 0 radical (unpaired) electrons. The maximum absolute atomic E-state index is 9.31. The summed E-state index contributed by atoms with van der Waals surface area (Å²) >= 11 is 7.71. The SMILES string of the molecule is CC(O)OCCCOc1ccc(-c2c3nc(c(Br)c4ccc([nH]4)c(-c4ccc(OCCCOC(C)O)cc4)c4nc(c(Br)c5ccc2[nH]5)C=C4)C=C3)cc1. The minimum Gasteiger partial charge on any atom is -0.494 e. The van der Waals surface area contributed by atoms with E-state index < -0.39 is 12.6 Å². The molecule has 0 amide bonds. The van der Waals surface area contributed by atoms with Gasteiger partial charge in [-0.3, -0.25) is 0 Å². The molecule has 0 aliphatic carbocycles. The minimum atomic E-state index is -0.786. The average Bonchev–Trinajstić information content (AvgIpc) is 4.00. The summed E-state index contributed by atoms with van der Waals surface area (Å²) in [6.45, 7) is 4.99. The van der Waals surface area contributed by atoms with E-state index >= 15 is 0 Å². The average molecular weight is 857 g/mol. The fourth-order valence-corrected chi connectivity index (χ4v) is 7.09. The highest BCUT2D eigenvalue weighted by atomic mass is 79.9. The van der Waals surface area contributed by atoms with E-state index in [1.165, 1.54) is 0 Å². The van der Waals surface area contributed by atoms with E-state index in [9.17, 15) is 10.2 Å². The number of nitrogens with one attached hydrogen (secondary N) is 2. The number of benzene rings is 2. The molecule has 2 aliphatic rings. The Balaban J connectivity index is 1.29. The van der Waals surface area contributed by atoms with E-state index in [0.29, 0.717) is 39.3 Å². The number of hydrogen-bond acceptors (Lipinski definition) is 8. The Labute approximate surface area is 329 Å². The van der Waals surface area contributed by atoms with Crippen LogP contribution in [-0.4, -0.2) is 69.2 Å². The molecule has 2 aromatic carbocycles. The van der Waals surface area contributed by atoms with Crippen molar-refractivity contribution in [2.24, 2.45) is 0 Å². The first-order valence-electron chi connectivity index (χ1n) is 17.8. The Morgan fingerprint density at radius 1 is 0.519 bits per heavy atom. The number of aromatic amines is 2. The van der Waals surface area contributed by atoms with Crippen molar-refractivity contribution in [3.63, 3.8) is 0 Å². The molecule has 0 saturated carbocycles. The van der Waals surface area contributed by atoms with Crippen molar-refractivity contribution in [3.05, 3.63) is 105 Å². The molecule has 0 fully saturated rings. The van der Waals surface area contributed by atoms with Crippen LogP contribution in [0.15, 0.2) is 81.7 Å². The number of hydrogen-bond donors (Lipinski definition) is 4. The second kappa shape index (κ2) is 17.3. The van der Waals surface area contributed by atoms with Gasteiger partial charge >= 0.3 is 0 Å². The fourth-order valence-electron chi connectivity index (χ4n) is 6.19. The molecular formula is C42H40Br2N4O6. The van der Waals surface area contributed by atoms with Crippen molar-refractivity contribution >= 4 is 78.2 Å². The molecule has 278 valence electrons. The molecule has 54 heavy (non-hydrogen) atoms. The van der Waals surface area contributed by atoms with Crippen LogP contribution in [0.2, 0.25) is 0 Å². The van der Waals surface area contributed by atoms with E-state index in [1.807, 2.05) is 85.0 Å². The molecule has 2 atom stereocenters. The Bertz CT molecular complexity index is 2170. The van der Waals surface area contributed by atoms with Crippen molar-refractivity contribution in [1.82, 2.24) is 19.9 Å². The monoisotopic (exact) mass is 854 g/mol. The zero-order valence-electron chi connectivity index (χ0n) is 29.8. The maximum atomic E-state index is 9.31. The van der Waals surface area contributed by atoms with Crippen LogP contribution in [-0.2, 0) is 9.47 Å². The molecule has 2 aliphatic heterocycles. The predicted octanol–water partition coefficient (Wildman–Crippen LogP) is 9.76. The Morgan fingerprint density at radius 3 is 1.28 bits per heavy atom. The van der Waals surface area contributed by atoms with Gasteiger partial charge in [0.15, 0.2) is 12.6 Å². The summed E-state index contributed by atoms with van der Waals surface area (Å²) in [7, 11) is 0. The number of aromatic nitrogens is 4. The van der Waals surface area contributed by atoms with Gasteiger partial charge in [0.25, 0.3) is 0 Å². The van der Waals surface area contributed by atoms with Crippen molar-refractivity contribution in [3.8, 4) is 33.8 Å². The van der Waals surface area contributed by atoms with Gasteiger partial charge in [0.1, 0.15) is 11.5 Å². The van der Waals surface area contributed by atoms with E-state index in [4.69, 9.17) is 28.9 Å². The third-order valence-corrected chi connectivity index (χ3v) is 10.4. The lowest BCUT2D eigenvalue weighted by Gasteiger charge is -2.09. The molecule has 5 heterocycles. The van der Waals surface area contributed by atoms with E-state index in [1.54, 1.807) is 13.8 Å². The summed E-state index contributed by atoms with van der Waals surface area (Å²) in [6.07, 6.45) is 7.86. The van der Waals surface area contributed by atoms with Crippen molar-refractivity contribution in [2.75, 3.05) is 26.4 Å². The molecule has 5 aromatic rings. The summed E-state index contributed by atoms with van der Waals surface area (Å²) in [6, 6.07) is 24.2. The fraction of sp³-hybridized carbons (Fsp3) is 0.238. The standard InChI is InChI=1S/C42H40Br2N4O6/c1-25(49)51-21-3-23-53-29-9-5-27(6-10-29)39-31-13-17-35(45-31)41(43)37-19-15-33(47-37)40(28-7-11-30(12-8-28)54-24-4-22-52-26(2)50)34-16-20-38(48-34)42(44)36-18-14-32(39)46-36/h5-20,25-26,45,48-50H,3-4,21-24H2,1-2H3. The van der Waals surface area contributed by atoms with Gasteiger partial charge in [-0.1, -0.05) is 24.3 Å². The lowest BCUT2D eigenvalue weighted by Crippen LogP contribution is -2.10. The van der Waals surface area contributed by atoms with Gasteiger partial charge in [0.05, 0.1) is 69.2 Å². The summed E-state index contributed by atoms with van der Waals surface area (Å²) in [5, 5.41) is 18.6. The molecule has 0 saturated heterocycles. The lowest BCUT2D eigenvalue weighted by molar-refractivity contribution is -0.0876. The van der Waals surface area contributed by atoms with E-state index in [2.05, 4.69) is 54.0 Å². The third-order valence-electron chi connectivity index (χ3n) is 8.74. The van der Waals surface area contributed by atoms with Gasteiger partial charge in [0, 0.05) is 35.0 Å². The summed E-state index contributed by atoms with van der Waals surface area (Å²) in [5.41, 5.74) is 10.6. The highest BCUT2D eigenvalue weighted by Crippen LogP contribution is 2.36. The van der Waals surface area contributed by atoms with Gasteiger partial charge in [-0.25, -0.2) is 9.97 Å². The quantitative estimate of drug-likeness (QED) is 0.0628. The number of halogens is 2. The van der Waals surface area contributed by atoms with Crippen molar-refractivity contribution in [2.45, 2.75) is 39.3 Å². The van der Waals surface area contributed by atoms with Crippen LogP contribution in [0.25, 0.3) is 68.6 Å². The Kier molecular flexibility index (Phi) is 12.1. The van der Waals surface area contributed by atoms with Gasteiger partial charge < -0.3 is 39.1 Å². The van der Waals surface area contributed by atoms with Crippen LogP contribution in [0.1, 0.15) is 49.5 Å². The molecule has 0 spiro atoms. The van der Waals surface area contributed by atoms with E-state index in [0.717, 1.165) is 87.5 Å². The first-order chi connectivity index (χ1) is 26.2. The third kappa shape index (κ3) is 8.86. The smallest absolute Gasteiger partial charge is 0.151 e. The lowest BCUT2D eigenvalue weighted by atomic mass is 10.0. The van der Waals surface area contributed by atoms with Crippen LogP contribution in [0.3, 0.4) is 0 Å². The number of ether oxygens (including phenoxy) is 4. The Morgan fingerprint density at radius 2 is 0.889 bits per heavy atom. The van der Waals surface area contributed by atoms with Crippen molar-refractivity contribution in [1.29, 1.82) is 0 Å². The van der Waals surface area contributed by atoms with Crippen LogP contribution in [0.5, 0.6) is 11.5 Å². The molecule has 8 bridgehead atoms. The van der Waals surface area contributed by atoms with Crippen LogP contribution >= 0.6 is 31.9 Å². The maximum Gasteiger partial charge on any atom is 0.151 e. The molecule has 3 aromatic heterocycles. The van der Waals surface area contributed by atoms with Crippen molar-refractivity contribution < 1.29 is 29.2 Å². The molecule has 2 unspecified atom stereocenters. The zero-order chi connectivity index (χ0) is 37.6. The summed E-state index contributed by atoms with van der Waals surface area (Å²) in [5.74, 6) is 1.49. The Hall–Kier alpha value is -4.56. The van der Waals surface area contributed by atoms with Crippen LogP contribution in [0.4, 0.5) is 0 Å². The summed E-state index contributed by atoms with van der Waals surface area (Å²) < 4.78 is 23.9. The highest BCUT2D eigenvalue weighted by molar-refractivity contribution is 9.11. The highest BCUT2D eigenvalue weighted by Gasteiger charge is 2.17. The van der Waals surface area contributed by atoms with Gasteiger partial charge in [-0.2, -0.15) is 0 Å². The number of aliphatic hydroxyl groups excluding tert-OH is 2. The van der Waals surface area contributed by atoms with Crippen LogP contribution in [0, 0.1) is 0 Å². The topological polar surface area (TPSA) is 135 Å². The number of rotatable bonds is 14. The van der Waals surface area contributed by atoms with Gasteiger partial charge in [0.2, 0.25) is 0 Å².